The summed E-state index contributed by atoms with van der Waals surface area (Å²) in [6.45, 7) is 3.69. The first-order valence-corrected chi connectivity index (χ1v) is 5.76. The molecule has 2 nitrogen and oxygen atoms in total. The minimum Gasteiger partial charge on any atom is -0.356 e. The molecule has 0 aliphatic carbocycles. The van der Waals surface area contributed by atoms with E-state index in [-0.39, 0.29) is 0 Å². The molecule has 1 atom stereocenters. The predicted octanol–water partition coefficient (Wildman–Crippen LogP) is 3.34. The zero-order valence-corrected chi connectivity index (χ0v) is 9.67. The Hall–Kier alpha value is -1.26. The lowest BCUT2D eigenvalue weighted by molar-refractivity contribution is -0.141. The van der Waals surface area contributed by atoms with E-state index >= 15 is 0 Å². The number of pyridine rings is 1. The van der Waals surface area contributed by atoms with E-state index in [9.17, 15) is 13.2 Å². The van der Waals surface area contributed by atoms with Gasteiger partial charge in [-0.2, -0.15) is 13.2 Å². The number of rotatable bonds is 1. The Balaban J connectivity index is 2.21. The van der Waals surface area contributed by atoms with Gasteiger partial charge in [-0.15, -0.1) is 0 Å². The van der Waals surface area contributed by atoms with Crippen molar-refractivity contribution in [2.24, 2.45) is 5.92 Å². The maximum absolute atomic E-state index is 12.5. The summed E-state index contributed by atoms with van der Waals surface area (Å²) in [6, 6.07) is 4.08. The molecular formula is C12H15F3N2. The summed E-state index contributed by atoms with van der Waals surface area (Å²) in [7, 11) is 0. The van der Waals surface area contributed by atoms with Crippen LogP contribution in [0.3, 0.4) is 0 Å². The smallest absolute Gasteiger partial charge is 0.356 e. The van der Waals surface area contributed by atoms with Gasteiger partial charge in [0.25, 0.3) is 0 Å². The van der Waals surface area contributed by atoms with Gasteiger partial charge < -0.3 is 4.90 Å². The summed E-state index contributed by atoms with van der Waals surface area (Å²) >= 11 is 0. The van der Waals surface area contributed by atoms with E-state index in [2.05, 4.69) is 11.9 Å². The minimum absolute atomic E-state index is 0.436. The molecule has 0 bridgehead atoms. The summed E-state index contributed by atoms with van der Waals surface area (Å²) in [4.78, 5) is 5.64. The zero-order chi connectivity index (χ0) is 12.5. The molecule has 1 saturated heterocycles. The summed E-state index contributed by atoms with van der Waals surface area (Å²) in [5.74, 6) is 0.950. The Morgan fingerprint density at radius 2 is 2.12 bits per heavy atom. The van der Waals surface area contributed by atoms with Gasteiger partial charge in [0.1, 0.15) is 11.5 Å². The summed E-state index contributed by atoms with van der Waals surface area (Å²) in [5, 5.41) is 0. The number of alkyl halides is 3. The number of aromatic nitrogens is 1. The third kappa shape index (κ3) is 2.90. The molecule has 0 amide bonds. The Kier molecular flexibility index (Phi) is 3.26. The van der Waals surface area contributed by atoms with Crippen molar-refractivity contribution in [2.75, 3.05) is 18.0 Å². The Morgan fingerprint density at radius 3 is 2.76 bits per heavy atom. The second-order valence-corrected chi connectivity index (χ2v) is 4.57. The van der Waals surface area contributed by atoms with Crippen molar-refractivity contribution in [3.63, 3.8) is 0 Å². The molecule has 2 rings (SSSR count). The lowest BCUT2D eigenvalue weighted by atomic mass is 10.0. The molecule has 1 aromatic heterocycles. The molecule has 2 heterocycles. The molecule has 0 saturated carbocycles. The van der Waals surface area contributed by atoms with Crippen LogP contribution in [-0.4, -0.2) is 18.1 Å². The highest BCUT2D eigenvalue weighted by Crippen LogP contribution is 2.29. The maximum Gasteiger partial charge on any atom is 0.433 e. The van der Waals surface area contributed by atoms with E-state index in [1.54, 1.807) is 6.07 Å². The maximum atomic E-state index is 12.5. The number of piperidine rings is 1. The normalized spacial score (nSPS) is 21.6. The SMILES string of the molecule is C[C@H]1CCCN(c2cccc(C(F)(F)F)n2)C1. The Morgan fingerprint density at radius 1 is 1.35 bits per heavy atom. The van der Waals surface area contributed by atoms with Crippen LogP contribution in [0.1, 0.15) is 25.5 Å². The first-order valence-electron chi connectivity index (χ1n) is 5.76. The molecule has 0 spiro atoms. The summed E-state index contributed by atoms with van der Waals surface area (Å²) in [5.41, 5.74) is -0.812. The number of halogens is 3. The molecule has 1 aliphatic heterocycles. The largest absolute Gasteiger partial charge is 0.433 e. The van der Waals surface area contributed by atoms with Crippen molar-refractivity contribution < 1.29 is 13.2 Å². The minimum atomic E-state index is -4.36. The van der Waals surface area contributed by atoms with Crippen molar-refractivity contribution in [2.45, 2.75) is 25.9 Å². The van der Waals surface area contributed by atoms with Gasteiger partial charge in [0.05, 0.1) is 0 Å². The highest BCUT2D eigenvalue weighted by Gasteiger charge is 2.33. The molecule has 0 unspecified atom stereocenters. The van der Waals surface area contributed by atoms with Crippen LogP contribution in [-0.2, 0) is 6.18 Å². The van der Waals surface area contributed by atoms with E-state index in [1.165, 1.54) is 6.07 Å². The van der Waals surface area contributed by atoms with Gasteiger partial charge in [-0.3, -0.25) is 0 Å². The topological polar surface area (TPSA) is 16.1 Å². The highest BCUT2D eigenvalue weighted by atomic mass is 19.4. The first-order chi connectivity index (χ1) is 7.97. The average molecular weight is 244 g/mol. The van der Waals surface area contributed by atoms with Crippen LogP contribution < -0.4 is 4.90 Å². The monoisotopic (exact) mass is 244 g/mol. The molecule has 0 aromatic carbocycles. The van der Waals surface area contributed by atoms with Crippen LogP contribution in [0.25, 0.3) is 0 Å². The molecule has 1 aliphatic rings. The van der Waals surface area contributed by atoms with Crippen LogP contribution in [0.15, 0.2) is 18.2 Å². The average Bonchev–Trinajstić information content (AvgIpc) is 2.28. The molecule has 5 heteroatoms. The highest BCUT2D eigenvalue weighted by molar-refractivity contribution is 5.40. The van der Waals surface area contributed by atoms with Gasteiger partial charge in [-0.1, -0.05) is 13.0 Å². The Bertz CT molecular complexity index is 390. The number of anilines is 1. The van der Waals surface area contributed by atoms with Crippen LogP contribution in [0.2, 0.25) is 0 Å². The Labute approximate surface area is 98.5 Å². The van der Waals surface area contributed by atoms with Crippen LogP contribution in [0.5, 0.6) is 0 Å². The molecule has 1 aromatic rings. The number of hydrogen-bond donors (Lipinski definition) is 0. The van der Waals surface area contributed by atoms with Crippen LogP contribution in [0.4, 0.5) is 19.0 Å². The molecule has 1 fully saturated rings. The second-order valence-electron chi connectivity index (χ2n) is 4.57. The van der Waals surface area contributed by atoms with Crippen LogP contribution in [0, 0.1) is 5.92 Å². The van der Waals surface area contributed by atoms with E-state index < -0.39 is 11.9 Å². The molecule has 17 heavy (non-hydrogen) atoms. The van der Waals surface area contributed by atoms with E-state index in [4.69, 9.17) is 0 Å². The van der Waals surface area contributed by atoms with Crippen molar-refractivity contribution in [3.05, 3.63) is 23.9 Å². The van der Waals surface area contributed by atoms with E-state index in [0.29, 0.717) is 11.7 Å². The summed E-state index contributed by atoms with van der Waals surface area (Å²) in [6.07, 6.45) is -2.22. The quantitative estimate of drug-likeness (QED) is 0.753. The van der Waals surface area contributed by atoms with Gasteiger partial charge in [-0.05, 0) is 30.9 Å². The number of nitrogens with zero attached hydrogens (tertiary/aromatic N) is 2. The third-order valence-corrected chi connectivity index (χ3v) is 3.01. The van der Waals surface area contributed by atoms with Gasteiger partial charge in [0.2, 0.25) is 0 Å². The van der Waals surface area contributed by atoms with Crippen molar-refractivity contribution in [3.8, 4) is 0 Å². The van der Waals surface area contributed by atoms with E-state index in [1.807, 2.05) is 4.90 Å². The molecule has 0 N–H and O–H groups in total. The van der Waals surface area contributed by atoms with Crippen LogP contribution >= 0.6 is 0 Å². The zero-order valence-electron chi connectivity index (χ0n) is 9.67. The lowest BCUT2D eigenvalue weighted by Crippen LogP contribution is -2.35. The van der Waals surface area contributed by atoms with Gasteiger partial charge in [0.15, 0.2) is 0 Å². The second kappa shape index (κ2) is 4.55. The summed E-state index contributed by atoms with van der Waals surface area (Å²) < 4.78 is 37.6. The molecule has 94 valence electrons. The molecule has 0 radical (unpaired) electrons. The fraction of sp³-hybridized carbons (Fsp3) is 0.583. The number of hydrogen-bond acceptors (Lipinski definition) is 2. The van der Waals surface area contributed by atoms with Crippen molar-refractivity contribution >= 4 is 5.82 Å². The standard InChI is InChI=1S/C12H15F3N2/c1-9-4-3-7-17(8-9)11-6-2-5-10(16-11)12(13,14)15/h2,5-6,9H,3-4,7-8H2,1H3/t9-/m0/s1. The van der Waals surface area contributed by atoms with Crippen molar-refractivity contribution in [1.82, 2.24) is 4.98 Å². The lowest BCUT2D eigenvalue weighted by Gasteiger charge is -2.32. The van der Waals surface area contributed by atoms with Gasteiger partial charge in [-0.25, -0.2) is 4.98 Å². The van der Waals surface area contributed by atoms with Crippen molar-refractivity contribution in [1.29, 1.82) is 0 Å². The first kappa shape index (κ1) is 12.2. The van der Waals surface area contributed by atoms with Gasteiger partial charge >= 0.3 is 6.18 Å². The predicted molar refractivity (Wildman–Crippen MR) is 59.9 cm³/mol. The third-order valence-electron chi connectivity index (χ3n) is 3.01. The van der Waals surface area contributed by atoms with E-state index in [0.717, 1.165) is 32.0 Å². The fourth-order valence-corrected chi connectivity index (χ4v) is 2.15. The molecular weight excluding hydrogens is 229 g/mol. The van der Waals surface area contributed by atoms with Gasteiger partial charge in [0, 0.05) is 13.1 Å². The fourth-order valence-electron chi connectivity index (χ4n) is 2.15.